The Balaban J connectivity index is 0.00000220. The number of hydrogen-bond donors (Lipinski definition) is 0. The van der Waals surface area contributed by atoms with E-state index in [0.29, 0.717) is 13.2 Å². The maximum absolute atomic E-state index is 5.56. The van der Waals surface area contributed by atoms with E-state index in [1.165, 1.54) is 0 Å². The van der Waals surface area contributed by atoms with E-state index in [4.69, 9.17) is 14.5 Å². The van der Waals surface area contributed by atoms with E-state index in [9.17, 15) is 0 Å². The summed E-state index contributed by atoms with van der Waals surface area (Å²) in [6, 6.07) is 6.26. The molecule has 0 aromatic carbocycles. The van der Waals surface area contributed by atoms with E-state index in [2.05, 4.69) is 42.1 Å². The molecule has 2 bridgehead atoms. The molecule has 0 saturated carbocycles. The SMILES string of the molecule is CN1CCOCCOCCN(C)Cc2cccc(n2)C1.[Cd+2]. The van der Waals surface area contributed by atoms with Gasteiger partial charge in [0.25, 0.3) is 0 Å². The van der Waals surface area contributed by atoms with Gasteiger partial charge < -0.3 is 9.47 Å². The summed E-state index contributed by atoms with van der Waals surface area (Å²) < 4.78 is 11.1. The van der Waals surface area contributed by atoms with Gasteiger partial charge in [-0.1, -0.05) is 6.07 Å². The number of aromatic nitrogens is 1. The van der Waals surface area contributed by atoms with Gasteiger partial charge in [0.1, 0.15) is 0 Å². The van der Waals surface area contributed by atoms with Crippen molar-refractivity contribution >= 4 is 0 Å². The van der Waals surface area contributed by atoms with E-state index >= 15 is 0 Å². The van der Waals surface area contributed by atoms with Crippen molar-refractivity contribution in [2.75, 3.05) is 53.6 Å². The Morgan fingerprint density at radius 1 is 0.857 bits per heavy atom. The van der Waals surface area contributed by atoms with Gasteiger partial charge in [0.05, 0.1) is 37.8 Å². The van der Waals surface area contributed by atoms with Crippen molar-refractivity contribution in [1.82, 2.24) is 14.8 Å². The molecule has 2 heterocycles. The quantitative estimate of drug-likeness (QED) is 0.617. The third-order valence-corrected chi connectivity index (χ3v) is 3.33. The van der Waals surface area contributed by atoms with Crippen LogP contribution in [-0.2, 0) is 49.9 Å². The standard InChI is InChI=1S/C15H25N3O2.Cd/c1-17-6-8-19-10-11-20-9-7-18(2)13-15-5-3-4-14(12-17)16-15;/h3-5H,6-13H2,1-2H3;/q;+2. The first-order chi connectivity index (χ1) is 9.74. The number of pyridine rings is 1. The third kappa shape index (κ3) is 7.64. The number of rotatable bonds is 0. The molecule has 1 aromatic heterocycles. The van der Waals surface area contributed by atoms with Gasteiger partial charge in [-0.25, -0.2) is 0 Å². The smallest absolute Gasteiger partial charge is 0.378 e. The van der Waals surface area contributed by atoms with Crippen LogP contribution in [0.1, 0.15) is 11.4 Å². The summed E-state index contributed by atoms with van der Waals surface area (Å²) in [5.41, 5.74) is 2.23. The molecule has 1 aromatic rings. The molecule has 0 spiro atoms. The summed E-state index contributed by atoms with van der Waals surface area (Å²) in [5, 5.41) is 0. The largest absolute Gasteiger partial charge is 2.00 e. The summed E-state index contributed by atoms with van der Waals surface area (Å²) in [6.07, 6.45) is 0. The van der Waals surface area contributed by atoms with E-state index < -0.39 is 0 Å². The number of ether oxygens (including phenoxy) is 2. The molecule has 0 amide bonds. The van der Waals surface area contributed by atoms with E-state index in [1.807, 2.05) is 0 Å². The minimum atomic E-state index is 0. The maximum atomic E-state index is 5.56. The molecule has 1 aliphatic rings. The number of hydrogen-bond acceptors (Lipinski definition) is 5. The van der Waals surface area contributed by atoms with Crippen molar-refractivity contribution in [1.29, 1.82) is 0 Å². The van der Waals surface area contributed by atoms with Gasteiger partial charge in [-0.3, -0.25) is 14.8 Å². The first kappa shape index (κ1) is 19.0. The molecular weight excluding hydrogens is 367 g/mol. The Morgan fingerprint density at radius 2 is 1.33 bits per heavy atom. The molecule has 112 valence electrons. The molecule has 1 aliphatic heterocycles. The van der Waals surface area contributed by atoms with Crippen LogP contribution < -0.4 is 0 Å². The molecule has 0 unspecified atom stereocenters. The number of likely N-dealkylation sites (N-methyl/N-ethyl adjacent to an activating group) is 2. The van der Waals surface area contributed by atoms with Crippen LogP contribution in [0.25, 0.3) is 0 Å². The van der Waals surface area contributed by atoms with Crippen LogP contribution in [0.4, 0.5) is 0 Å². The molecule has 5 nitrogen and oxygen atoms in total. The van der Waals surface area contributed by atoms with Crippen molar-refractivity contribution in [2.24, 2.45) is 0 Å². The molecule has 0 fully saturated rings. The Morgan fingerprint density at radius 3 is 1.81 bits per heavy atom. The van der Waals surface area contributed by atoms with Gasteiger partial charge in [0.2, 0.25) is 0 Å². The second kappa shape index (κ2) is 10.6. The summed E-state index contributed by atoms with van der Waals surface area (Å²) in [5.74, 6) is 0. The first-order valence-electron chi connectivity index (χ1n) is 7.21. The van der Waals surface area contributed by atoms with Gasteiger partial charge in [-0.15, -0.1) is 0 Å². The zero-order valence-electron chi connectivity index (χ0n) is 13.3. The monoisotopic (exact) mass is 393 g/mol. The first-order valence-corrected chi connectivity index (χ1v) is 7.21. The summed E-state index contributed by atoms with van der Waals surface area (Å²) in [4.78, 5) is 9.18. The van der Waals surface area contributed by atoms with Crippen molar-refractivity contribution in [3.05, 3.63) is 29.6 Å². The van der Waals surface area contributed by atoms with Crippen molar-refractivity contribution in [3.8, 4) is 0 Å². The Kier molecular flexibility index (Phi) is 9.58. The van der Waals surface area contributed by atoms with Crippen molar-refractivity contribution in [2.45, 2.75) is 13.1 Å². The Bertz CT molecular complexity index is 373. The minimum absolute atomic E-state index is 0. The molecular formula is C15H25CdN3O2+2. The predicted molar refractivity (Wildman–Crippen MR) is 78.5 cm³/mol. The van der Waals surface area contributed by atoms with Crippen LogP contribution in [0.2, 0.25) is 0 Å². The van der Waals surface area contributed by atoms with Crippen LogP contribution in [-0.4, -0.2) is 68.4 Å². The van der Waals surface area contributed by atoms with E-state index in [1.54, 1.807) is 0 Å². The topological polar surface area (TPSA) is 37.8 Å². The fraction of sp³-hybridized carbons (Fsp3) is 0.667. The van der Waals surface area contributed by atoms with E-state index in [0.717, 1.165) is 50.8 Å². The molecule has 0 saturated heterocycles. The normalized spacial score (nSPS) is 20.1. The number of nitrogens with zero attached hydrogens (tertiary/aromatic N) is 3. The molecule has 6 heteroatoms. The fourth-order valence-electron chi connectivity index (χ4n) is 2.18. The fourth-order valence-corrected chi connectivity index (χ4v) is 2.18. The van der Waals surface area contributed by atoms with E-state index in [-0.39, 0.29) is 27.3 Å². The summed E-state index contributed by atoms with van der Waals surface area (Å²) in [7, 11) is 4.19. The summed E-state index contributed by atoms with van der Waals surface area (Å²) in [6.45, 7) is 6.35. The zero-order valence-corrected chi connectivity index (χ0v) is 17.3. The van der Waals surface area contributed by atoms with Crippen molar-refractivity contribution < 1.29 is 36.8 Å². The van der Waals surface area contributed by atoms with Crippen LogP contribution in [0.5, 0.6) is 0 Å². The van der Waals surface area contributed by atoms with Crippen LogP contribution in [0.3, 0.4) is 0 Å². The Labute approximate surface area is 147 Å². The molecule has 0 aliphatic carbocycles. The van der Waals surface area contributed by atoms with Gasteiger partial charge in [-0.05, 0) is 26.2 Å². The molecule has 2 rings (SSSR count). The van der Waals surface area contributed by atoms with Crippen LogP contribution in [0, 0.1) is 0 Å². The molecule has 21 heavy (non-hydrogen) atoms. The van der Waals surface area contributed by atoms with Gasteiger partial charge in [-0.2, -0.15) is 0 Å². The summed E-state index contributed by atoms with van der Waals surface area (Å²) >= 11 is 0. The van der Waals surface area contributed by atoms with Crippen LogP contribution in [0.15, 0.2) is 18.2 Å². The van der Waals surface area contributed by atoms with Gasteiger partial charge >= 0.3 is 27.3 Å². The number of fused-ring (bicyclic) bond motifs is 2. The molecule has 0 radical (unpaired) electrons. The predicted octanol–water partition coefficient (Wildman–Crippen LogP) is 0.989. The van der Waals surface area contributed by atoms with Crippen molar-refractivity contribution in [3.63, 3.8) is 0 Å². The second-order valence-corrected chi connectivity index (χ2v) is 5.32. The maximum Gasteiger partial charge on any atom is 2.00 e. The zero-order chi connectivity index (χ0) is 14.2. The average molecular weight is 392 g/mol. The molecule has 0 N–H and O–H groups in total. The second-order valence-electron chi connectivity index (χ2n) is 5.32. The third-order valence-electron chi connectivity index (χ3n) is 3.33. The average Bonchev–Trinajstić information content (AvgIpc) is 2.41. The van der Waals surface area contributed by atoms with Crippen LogP contribution >= 0.6 is 0 Å². The van der Waals surface area contributed by atoms with Gasteiger partial charge in [0, 0.05) is 26.2 Å². The van der Waals surface area contributed by atoms with Gasteiger partial charge in [0.15, 0.2) is 0 Å². The molecule has 0 atom stereocenters. The minimum Gasteiger partial charge on any atom is -0.378 e. The Hall–Kier alpha value is -0.0879.